The molecule has 0 atom stereocenters. The molecule has 1 saturated heterocycles. The van der Waals surface area contributed by atoms with E-state index in [9.17, 15) is 13.2 Å². The first-order valence-electron chi connectivity index (χ1n) is 6.89. The second kappa shape index (κ2) is 6.65. The monoisotopic (exact) mass is 312 g/mol. The largest absolute Gasteiger partial charge is 0.395 e. The Bertz CT molecular complexity index is 607. The number of carbonyl (C=O) groups is 1. The van der Waals surface area contributed by atoms with E-state index >= 15 is 0 Å². The Hall–Kier alpha value is -1.28. The van der Waals surface area contributed by atoms with Gasteiger partial charge in [0.15, 0.2) is 5.78 Å². The predicted molar refractivity (Wildman–Crippen MR) is 78.7 cm³/mol. The van der Waals surface area contributed by atoms with Crippen LogP contribution in [0, 0.1) is 0 Å². The molecule has 0 aromatic heterocycles. The lowest BCUT2D eigenvalue weighted by Gasteiger charge is -2.33. The van der Waals surface area contributed by atoms with Crippen molar-refractivity contribution in [2.45, 2.75) is 11.8 Å². The molecule has 0 amide bonds. The minimum atomic E-state index is -3.56. The van der Waals surface area contributed by atoms with Gasteiger partial charge >= 0.3 is 0 Å². The summed E-state index contributed by atoms with van der Waals surface area (Å²) in [4.78, 5) is 13.6. The van der Waals surface area contributed by atoms with E-state index < -0.39 is 10.0 Å². The molecule has 1 aromatic carbocycles. The molecule has 0 bridgehead atoms. The molecule has 1 aliphatic heterocycles. The Balaban J connectivity index is 2.16. The van der Waals surface area contributed by atoms with Gasteiger partial charge in [-0.15, -0.1) is 0 Å². The standard InChI is InChI=1S/C14H20N2O4S/c1-12(18)13-3-2-4-14(11-13)21(19,20)16-7-5-15(6-8-16)9-10-17/h2-4,11,17H,5-10H2,1H3. The average Bonchev–Trinajstić information content (AvgIpc) is 2.48. The Morgan fingerprint density at radius 3 is 2.48 bits per heavy atom. The summed E-state index contributed by atoms with van der Waals surface area (Å²) in [6.45, 7) is 4.05. The summed E-state index contributed by atoms with van der Waals surface area (Å²) in [5.41, 5.74) is 0.398. The molecule has 7 heteroatoms. The van der Waals surface area contributed by atoms with Gasteiger partial charge in [-0.3, -0.25) is 9.69 Å². The van der Waals surface area contributed by atoms with Gasteiger partial charge in [0.1, 0.15) is 0 Å². The topological polar surface area (TPSA) is 77.9 Å². The summed E-state index contributed by atoms with van der Waals surface area (Å²) in [7, 11) is -3.56. The van der Waals surface area contributed by atoms with Crippen LogP contribution in [0.2, 0.25) is 0 Å². The molecule has 0 spiro atoms. The number of piperazine rings is 1. The molecule has 6 nitrogen and oxygen atoms in total. The molecule has 1 N–H and O–H groups in total. The number of benzene rings is 1. The number of ketones is 1. The predicted octanol–water partition coefficient (Wildman–Crippen LogP) is 0.188. The fraction of sp³-hybridized carbons (Fsp3) is 0.500. The van der Waals surface area contributed by atoms with E-state index in [0.29, 0.717) is 38.3 Å². The van der Waals surface area contributed by atoms with Crippen molar-refractivity contribution in [2.75, 3.05) is 39.3 Å². The number of sulfonamides is 1. The molecule has 0 unspecified atom stereocenters. The third kappa shape index (κ3) is 3.68. The number of hydrogen-bond acceptors (Lipinski definition) is 5. The van der Waals surface area contributed by atoms with Crippen LogP contribution in [0.5, 0.6) is 0 Å². The molecule has 2 rings (SSSR count). The Kier molecular flexibility index (Phi) is 5.10. The number of rotatable bonds is 5. The van der Waals surface area contributed by atoms with Crippen molar-refractivity contribution in [2.24, 2.45) is 0 Å². The van der Waals surface area contributed by atoms with E-state index in [1.165, 1.54) is 23.4 Å². The zero-order chi connectivity index (χ0) is 15.5. The second-order valence-corrected chi connectivity index (χ2v) is 6.99. The van der Waals surface area contributed by atoms with Gasteiger partial charge < -0.3 is 5.11 Å². The van der Waals surface area contributed by atoms with Crippen molar-refractivity contribution in [3.05, 3.63) is 29.8 Å². The number of β-amino-alcohol motifs (C(OH)–C–C–N with tert-alkyl or cyclic N) is 1. The van der Waals surface area contributed by atoms with Crippen LogP contribution in [0.1, 0.15) is 17.3 Å². The lowest BCUT2D eigenvalue weighted by molar-refractivity contribution is 0.101. The number of aliphatic hydroxyl groups is 1. The van der Waals surface area contributed by atoms with E-state index in [0.717, 1.165) is 0 Å². The van der Waals surface area contributed by atoms with Gasteiger partial charge in [-0.05, 0) is 19.1 Å². The maximum atomic E-state index is 12.6. The Labute approximate surface area is 125 Å². The summed E-state index contributed by atoms with van der Waals surface area (Å²) in [6.07, 6.45) is 0. The Morgan fingerprint density at radius 2 is 1.90 bits per heavy atom. The van der Waals surface area contributed by atoms with Crippen LogP contribution in [0.4, 0.5) is 0 Å². The molecule has 0 saturated carbocycles. The first-order chi connectivity index (χ1) is 9.95. The molecular formula is C14H20N2O4S. The maximum absolute atomic E-state index is 12.6. The normalized spacial score (nSPS) is 17.8. The van der Waals surface area contributed by atoms with E-state index in [4.69, 9.17) is 5.11 Å². The lowest BCUT2D eigenvalue weighted by atomic mass is 10.2. The molecule has 1 aromatic rings. The molecule has 1 heterocycles. The van der Waals surface area contributed by atoms with E-state index in [-0.39, 0.29) is 17.3 Å². The van der Waals surface area contributed by atoms with E-state index in [2.05, 4.69) is 0 Å². The quantitative estimate of drug-likeness (QED) is 0.785. The molecule has 0 aliphatic carbocycles. The highest BCUT2D eigenvalue weighted by Crippen LogP contribution is 2.19. The molecule has 116 valence electrons. The zero-order valence-corrected chi connectivity index (χ0v) is 12.8. The third-order valence-corrected chi connectivity index (χ3v) is 5.52. The van der Waals surface area contributed by atoms with Crippen LogP contribution in [0.3, 0.4) is 0 Å². The maximum Gasteiger partial charge on any atom is 0.243 e. The summed E-state index contributed by atoms with van der Waals surface area (Å²) in [5.74, 6) is -0.153. The zero-order valence-electron chi connectivity index (χ0n) is 12.0. The summed E-state index contributed by atoms with van der Waals surface area (Å²) < 4.78 is 26.6. The average molecular weight is 312 g/mol. The van der Waals surface area contributed by atoms with Crippen LogP contribution >= 0.6 is 0 Å². The molecular weight excluding hydrogens is 292 g/mol. The minimum absolute atomic E-state index is 0.0768. The molecule has 21 heavy (non-hydrogen) atoms. The molecule has 1 fully saturated rings. The van der Waals surface area contributed by atoms with E-state index in [1.807, 2.05) is 4.90 Å². The smallest absolute Gasteiger partial charge is 0.243 e. The second-order valence-electron chi connectivity index (χ2n) is 5.05. The van der Waals surface area contributed by atoms with Crippen LogP contribution in [-0.2, 0) is 10.0 Å². The van der Waals surface area contributed by atoms with E-state index in [1.54, 1.807) is 12.1 Å². The van der Waals surface area contributed by atoms with Gasteiger partial charge in [-0.1, -0.05) is 12.1 Å². The number of hydrogen-bond donors (Lipinski definition) is 1. The van der Waals surface area contributed by atoms with Crippen LogP contribution in [-0.4, -0.2) is 67.8 Å². The van der Waals surface area contributed by atoms with Crippen molar-refractivity contribution in [3.8, 4) is 0 Å². The first kappa shape index (κ1) is 16.1. The van der Waals surface area contributed by atoms with Crippen LogP contribution in [0.15, 0.2) is 29.2 Å². The van der Waals surface area contributed by atoms with Crippen molar-refractivity contribution in [1.82, 2.24) is 9.21 Å². The van der Waals surface area contributed by atoms with Gasteiger partial charge in [-0.2, -0.15) is 4.31 Å². The minimum Gasteiger partial charge on any atom is -0.395 e. The van der Waals surface area contributed by atoms with Gasteiger partial charge in [0.05, 0.1) is 11.5 Å². The fourth-order valence-electron chi connectivity index (χ4n) is 2.36. The molecule has 1 aliphatic rings. The number of carbonyl (C=O) groups excluding carboxylic acids is 1. The third-order valence-electron chi connectivity index (χ3n) is 3.63. The number of nitrogens with zero attached hydrogens (tertiary/aromatic N) is 2. The molecule has 0 radical (unpaired) electrons. The van der Waals surface area contributed by atoms with Crippen molar-refractivity contribution in [3.63, 3.8) is 0 Å². The van der Waals surface area contributed by atoms with Crippen molar-refractivity contribution in [1.29, 1.82) is 0 Å². The lowest BCUT2D eigenvalue weighted by Crippen LogP contribution is -2.49. The summed E-state index contributed by atoms with van der Waals surface area (Å²) in [5, 5.41) is 8.90. The number of Topliss-reactive ketones (excluding diaryl/α,β-unsaturated/α-hetero) is 1. The Morgan fingerprint density at radius 1 is 1.24 bits per heavy atom. The highest BCUT2D eigenvalue weighted by atomic mass is 32.2. The van der Waals surface area contributed by atoms with Gasteiger partial charge in [-0.25, -0.2) is 8.42 Å². The van der Waals surface area contributed by atoms with Crippen LogP contribution < -0.4 is 0 Å². The highest BCUT2D eigenvalue weighted by molar-refractivity contribution is 7.89. The SMILES string of the molecule is CC(=O)c1cccc(S(=O)(=O)N2CCN(CCO)CC2)c1. The van der Waals surface area contributed by atoms with Crippen molar-refractivity contribution < 1.29 is 18.3 Å². The summed E-state index contributed by atoms with van der Waals surface area (Å²) >= 11 is 0. The first-order valence-corrected chi connectivity index (χ1v) is 8.33. The fourth-order valence-corrected chi connectivity index (χ4v) is 3.83. The highest BCUT2D eigenvalue weighted by Gasteiger charge is 2.28. The summed E-state index contributed by atoms with van der Waals surface area (Å²) in [6, 6.07) is 6.14. The van der Waals surface area contributed by atoms with Crippen LogP contribution in [0.25, 0.3) is 0 Å². The van der Waals surface area contributed by atoms with Gasteiger partial charge in [0, 0.05) is 38.3 Å². The van der Waals surface area contributed by atoms with Crippen molar-refractivity contribution >= 4 is 15.8 Å². The number of aliphatic hydroxyl groups excluding tert-OH is 1. The van der Waals surface area contributed by atoms with Gasteiger partial charge in [0.25, 0.3) is 0 Å². The van der Waals surface area contributed by atoms with Gasteiger partial charge in [0.2, 0.25) is 10.0 Å².